The Kier molecular flexibility index (Phi) is 5.22. The predicted octanol–water partition coefficient (Wildman–Crippen LogP) is 0.0502. The molecular weight excluding hydrogens is 220 g/mol. The first-order valence-corrected chi connectivity index (χ1v) is 6.53. The molecule has 0 aliphatic carbocycles. The summed E-state index contributed by atoms with van der Waals surface area (Å²) in [7, 11) is 0. The van der Waals surface area contributed by atoms with Crippen molar-refractivity contribution in [2.45, 2.75) is 37.8 Å². The summed E-state index contributed by atoms with van der Waals surface area (Å²) in [5.41, 5.74) is 0. The Morgan fingerprint density at radius 3 is 2.59 bits per heavy atom. The van der Waals surface area contributed by atoms with Crippen LogP contribution in [0.5, 0.6) is 0 Å². The van der Waals surface area contributed by atoms with Gasteiger partial charge in [0.05, 0.1) is 13.2 Å². The van der Waals surface area contributed by atoms with Crippen LogP contribution in [0.2, 0.25) is 0 Å². The largest absolute Gasteiger partial charge is 0.381 e. The summed E-state index contributed by atoms with van der Waals surface area (Å²) in [6, 6.07) is 0.629. The summed E-state index contributed by atoms with van der Waals surface area (Å²) >= 11 is 0. The topological polar surface area (TPSA) is 59.6 Å². The summed E-state index contributed by atoms with van der Waals surface area (Å²) in [6.45, 7) is 3.49. The highest BCUT2D eigenvalue weighted by molar-refractivity contribution is 5.78. The van der Waals surface area contributed by atoms with E-state index in [1.165, 1.54) is 0 Å². The molecule has 98 valence electrons. The van der Waals surface area contributed by atoms with Gasteiger partial charge >= 0.3 is 0 Å². The lowest BCUT2D eigenvalue weighted by Crippen LogP contribution is -2.46. The zero-order chi connectivity index (χ0) is 11.9. The van der Waals surface area contributed by atoms with Crippen LogP contribution in [0.25, 0.3) is 0 Å². The maximum absolute atomic E-state index is 11.7. The SMILES string of the molecule is O=C(CNC1CCCOC1)NC1CCOCC1. The molecule has 0 radical (unpaired) electrons. The van der Waals surface area contributed by atoms with Crippen molar-refractivity contribution in [2.75, 3.05) is 33.0 Å². The van der Waals surface area contributed by atoms with Crippen LogP contribution < -0.4 is 10.6 Å². The van der Waals surface area contributed by atoms with E-state index in [4.69, 9.17) is 9.47 Å². The second kappa shape index (κ2) is 6.93. The molecule has 2 N–H and O–H groups in total. The van der Waals surface area contributed by atoms with E-state index in [1.807, 2.05) is 0 Å². The van der Waals surface area contributed by atoms with Gasteiger partial charge in [0.15, 0.2) is 0 Å². The predicted molar refractivity (Wildman–Crippen MR) is 63.8 cm³/mol. The lowest BCUT2D eigenvalue weighted by Gasteiger charge is -2.25. The van der Waals surface area contributed by atoms with E-state index in [-0.39, 0.29) is 5.91 Å². The number of carbonyl (C=O) groups is 1. The highest BCUT2D eigenvalue weighted by atomic mass is 16.5. The molecule has 2 rings (SSSR count). The van der Waals surface area contributed by atoms with Gasteiger partial charge in [-0.05, 0) is 25.7 Å². The molecule has 2 heterocycles. The van der Waals surface area contributed by atoms with Gasteiger partial charge in [0.25, 0.3) is 0 Å². The fraction of sp³-hybridized carbons (Fsp3) is 0.917. The maximum atomic E-state index is 11.7. The molecule has 1 amide bonds. The average molecular weight is 242 g/mol. The van der Waals surface area contributed by atoms with Crippen LogP contribution in [-0.4, -0.2) is 51.0 Å². The van der Waals surface area contributed by atoms with Crippen molar-refractivity contribution in [1.82, 2.24) is 10.6 Å². The number of nitrogens with one attached hydrogen (secondary N) is 2. The van der Waals surface area contributed by atoms with Crippen molar-refractivity contribution in [3.63, 3.8) is 0 Å². The van der Waals surface area contributed by atoms with E-state index in [9.17, 15) is 4.79 Å². The molecule has 2 aliphatic heterocycles. The second-order valence-electron chi connectivity index (χ2n) is 4.75. The molecule has 2 fully saturated rings. The second-order valence-corrected chi connectivity index (χ2v) is 4.75. The van der Waals surface area contributed by atoms with E-state index in [0.717, 1.165) is 52.1 Å². The van der Waals surface area contributed by atoms with Gasteiger partial charge in [0.1, 0.15) is 0 Å². The summed E-state index contributed by atoms with van der Waals surface area (Å²) in [5, 5.41) is 6.28. The van der Waals surface area contributed by atoms with E-state index in [1.54, 1.807) is 0 Å². The molecular formula is C12H22N2O3. The lowest BCUT2D eigenvalue weighted by molar-refractivity contribution is -0.121. The monoisotopic (exact) mass is 242 g/mol. The first-order valence-electron chi connectivity index (χ1n) is 6.53. The van der Waals surface area contributed by atoms with Crippen molar-refractivity contribution in [2.24, 2.45) is 0 Å². The first kappa shape index (κ1) is 12.8. The Hall–Kier alpha value is -0.650. The van der Waals surface area contributed by atoms with Gasteiger partial charge in [-0.15, -0.1) is 0 Å². The number of amides is 1. The third kappa shape index (κ3) is 4.61. The fourth-order valence-corrected chi connectivity index (χ4v) is 2.26. The van der Waals surface area contributed by atoms with Crippen LogP contribution in [-0.2, 0) is 14.3 Å². The molecule has 1 atom stereocenters. The highest BCUT2D eigenvalue weighted by Gasteiger charge is 2.18. The van der Waals surface area contributed by atoms with Crippen molar-refractivity contribution < 1.29 is 14.3 Å². The minimum atomic E-state index is 0.0856. The van der Waals surface area contributed by atoms with Gasteiger partial charge in [0, 0.05) is 31.9 Å². The zero-order valence-electron chi connectivity index (χ0n) is 10.2. The third-order valence-electron chi connectivity index (χ3n) is 3.30. The molecule has 0 bridgehead atoms. The Morgan fingerprint density at radius 2 is 1.88 bits per heavy atom. The van der Waals surface area contributed by atoms with Gasteiger partial charge in [0.2, 0.25) is 5.91 Å². The minimum absolute atomic E-state index is 0.0856. The van der Waals surface area contributed by atoms with E-state index in [0.29, 0.717) is 18.6 Å². The molecule has 5 nitrogen and oxygen atoms in total. The van der Waals surface area contributed by atoms with Crippen LogP contribution in [0.4, 0.5) is 0 Å². The molecule has 17 heavy (non-hydrogen) atoms. The van der Waals surface area contributed by atoms with E-state index < -0.39 is 0 Å². The Labute approximate surface area is 102 Å². The maximum Gasteiger partial charge on any atom is 0.234 e. The van der Waals surface area contributed by atoms with Gasteiger partial charge in [-0.2, -0.15) is 0 Å². The summed E-state index contributed by atoms with van der Waals surface area (Å²) in [5.74, 6) is 0.0856. The molecule has 0 aromatic carbocycles. The quantitative estimate of drug-likeness (QED) is 0.731. The Morgan fingerprint density at radius 1 is 1.06 bits per heavy atom. The summed E-state index contributed by atoms with van der Waals surface area (Å²) < 4.78 is 10.6. The van der Waals surface area contributed by atoms with Crippen LogP contribution >= 0.6 is 0 Å². The van der Waals surface area contributed by atoms with E-state index >= 15 is 0 Å². The van der Waals surface area contributed by atoms with E-state index in [2.05, 4.69) is 10.6 Å². The van der Waals surface area contributed by atoms with Crippen molar-refractivity contribution in [3.8, 4) is 0 Å². The van der Waals surface area contributed by atoms with Gasteiger partial charge in [-0.1, -0.05) is 0 Å². The van der Waals surface area contributed by atoms with Crippen LogP contribution in [0.1, 0.15) is 25.7 Å². The third-order valence-corrected chi connectivity index (χ3v) is 3.30. The van der Waals surface area contributed by atoms with Gasteiger partial charge in [-0.25, -0.2) is 0 Å². The molecule has 0 aromatic rings. The van der Waals surface area contributed by atoms with Crippen molar-refractivity contribution in [3.05, 3.63) is 0 Å². The fourth-order valence-electron chi connectivity index (χ4n) is 2.26. The smallest absolute Gasteiger partial charge is 0.234 e. The summed E-state index contributed by atoms with van der Waals surface area (Å²) in [4.78, 5) is 11.7. The molecule has 0 saturated carbocycles. The normalized spacial score (nSPS) is 26.7. The molecule has 2 aliphatic rings. The van der Waals surface area contributed by atoms with Gasteiger partial charge < -0.3 is 20.1 Å². The first-order chi connectivity index (χ1) is 8.34. The minimum Gasteiger partial charge on any atom is -0.381 e. The van der Waals surface area contributed by atoms with Crippen LogP contribution in [0.3, 0.4) is 0 Å². The highest BCUT2D eigenvalue weighted by Crippen LogP contribution is 2.06. The standard InChI is InChI=1S/C12H22N2O3/c15-12(14-10-3-6-16-7-4-10)8-13-11-2-1-5-17-9-11/h10-11,13H,1-9H2,(H,14,15). The Bertz CT molecular complexity index is 236. The number of ether oxygens (including phenoxy) is 2. The molecule has 1 unspecified atom stereocenters. The average Bonchev–Trinajstić information content (AvgIpc) is 2.39. The molecule has 5 heteroatoms. The number of hydrogen-bond donors (Lipinski definition) is 2. The van der Waals surface area contributed by atoms with Gasteiger partial charge in [-0.3, -0.25) is 4.79 Å². The van der Waals surface area contributed by atoms with Crippen LogP contribution in [0.15, 0.2) is 0 Å². The summed E-state index contributed by atoms with van der Waals surface area (Å²) in [6.07, 6.45) is 4.04. The number of rotatable bonds is 4. The van der Waals surface area contributed by atoms with Crippen LogP contribution in [0, 0.1) is 0 Å². The molecule has 0 aromatic heterocycles. The van der Waals surface area contributed by atoms with Crippen molar-refractivity contribution >= 4 is 5.91 Å². The zero-order valence-corrected chi connectivity index (χ0v) is 10.2. The molecule has 2 saturated heterocycles. The lowest BCUT2D eigenvalue weighted by atomic mass is 10.1. The van der Waals surface area contributed by atoms with Crippen molar-refractivity contribution in [1.29, 1.82) is 0 Å². The number of hydrogen-bond acceptors (Lipinski definition) is 4. The molecule has 0 spiro atoms. The number of carbonyl (C=O) groups excluding carboxylic acids is 1. The Balaban J connectivity index is 1.59.